The molecule has 176 valence electrons. The third kappa shape index (κ3) is 8.24. The Bertz CT molecular complexity index is 859. The van der Waals surface area contributed by atoms with Gasteiger partial charge in [0.15, 0.2) is 5.96 Å². The summed E-state index contributed by atoms with van der Waals surface area (Å²) in [6.07, 6.45) is 3.94. The molecule has 0 atom stereocenters. The van der Waals surface area contributed by atoms with Crippen molar-refractivity contribution in [1.82, 2.24) is 20.9 Å². The fraction of sp³-hybridized carbons (Fsp3) is 0.520. The van der Waals surface area contributed by atoms with E-state index < -0.39 is 0 Å². The summed E-state index contributed by atoms with van der Waals surface area (Å²) in [6, 6.07) is 15.4. The number of hydrogen-bond acceptors (Lipinski definition) is 3. The van der Waals surface area contributed by atoms with E-state index in [0.717, 1.165) is 64.4 Å². The maximum Gasteiger partial charge on any atom is 0.234 e. The number of likely N-dealkylation sites (tertiary alicyclic amines) is 1. The molecule has 1 heterocycles. The van der Waals surface area contributed by atoms with Crippen molar-refractivity contribution in [3.8, 4) is 0 Å². The number of amides is 1. The number of hydrogen-bond donors (Lipinski definition) is 3. The summed E-state index contributed by atoms with van der Waals surface area (Å²) in [6.45, 7) is 8.90. The molecule has 3 N–H and O–H groups in total. The van der Waals surface area contributed by atoms with E-state index in [1.807, 2.05) is 0 Å². The maximum atomic E-state index is 11.9. The van der Waals surface area contributed by atoms with Gasteiger partial charge >= 0.3 is 0 Å². The second-order valence-electron chi connectivity index (χ2n) is 8.19. The Balaban J connectivity index is 0.00000363. The third-order valence-electron chi connectivity index (χ3n) is 5.74. The summed E-state index contributed by atoms with van der Waals surface area (Å²) in [4.78, 5) is 19.0. The van der Waals surface area contributed by atoms with E-state index in [4.69, 9.17) is 4.99 Å². The van der Waals surface area contributed by atoms with Crippen LogP contribution in [0, 0.1) is 0 Å². The van der Waals surface area contributed by atoms with Crippen LogP contribution in [0.4, 0.5) is 0 Å². The number of halogens is 1. The van der Waals surface area contributed by atoms with Crippen LogP contribution in [0.1, 0.15) is 38.7 Å². The number of carbonyl (C=O) groups excluding carboxylic acids is 1. The zero-order chi connectivity index (χ0) is 21.9. The second-order valence-corrected chi connectivity index (χ2v) is 8.19. The fourth-order valence-corrected chi connectivity index (χ4v) is 4.07. The number of nitrogens with one attached hydrogen (secondary N) is 3. The lowest BCUT2D eigenvalue weighted by Crippen LogP contribution is -2.50. The summed E-state index contributed by atoms with van der Waals surface area (Å²) in [7, 11) is 0. The van der Waals surface area contributed by atoms with E-state index in [1.54, 1.807) is 0 Å². The number of aliphatic imine (C=N–C) groups is 1. The van der Waals surface area contributed by atoms with Crippen LogP contribution >= 0.6 is 24.0 Å². The largest absolute Gasteiger partial charge is 0.357 e. The van der Waals surface area contributed by atoms with Crippen molar-refractivity contribution < 1.29 is 4.79 Å². The van der Waals surface area contributed by atoms with Gasteiger partial charge < -0.3 is 16.0 Å². The number of fused-ring (bicyclic) bond motifs is 1. The molecule has 1 aliphatic rings. The second kappa shape index (κ2) is 14.3. The summed E-state index contributed by atoms with van der Waals surface area (Å²) in [5, 5.41) is 12.5. The number of benzene rings is 2. The highest BCUT2D eigenvalue weighted by molar-refractivity contribution is 14.0. The number of guanidine groups is 1. The first-order valence-electron chi connectivity index (χ1n) is 11.7. The molecule has 1 aliphatic heterocycles. The highest BCUT2D eigenvalue weighted by Crippen LogP contribution is 2.18. The molecule has 3 rings (SSSR count). The predicted molar refractivity (Wildman–Crippen MR) is 145 cm³/mol. The number of rotatable bonds is 9. The lowest BCUT2D eigenvalue weighted by atomic mass is 10.0. The first-order chi connectivity index (χ1) is 15.2. The molecule has 2 aromatic rings. The molecular weight excluding hydrogens is 513 g/mol. The highest BCUT2D eigenvalue weighted by atomic mass is 127. The standard InChI is InChI=1S/C25H37N5O.HI/c1-3-15-27-24(31)19-30-17-13-22(14-18-30)29-25(26-4-2)28-16-12-21-10-7-9-20-8-5-6-11-23(20)21;/h5-11,22H,3-4,12-19H2,1-2H3,(H,27,31)(H2,26,28,29);1H. The minimum absolute atomic E-state index is 0. The molecule has 1 amide bonds. The molecular formula is C25H38IN5O. The van der Waals surface area contributed by atoms with Crippen molar-refractivity contribution in [3.05, 3.63) is 48.0 Å². The van der Waals surface area contributed by atoms with E-state index in [2.05, 4.69) is 77.2 Å². The SMILES string of the molecule is CCCNC(=O)CN1CCC(NC(=NCCc2cccc3ccccc23)NCC)CC1.I. The van der Waals surface area contributed by atoms with E-state index in [-0.39, 0.29) is 29.9 Å². The zero-order valence-electron chi connectivity index (χ0n) is 19.4. The van der Waals surface area contributed by atoms with Crippen LogP contribution in [0.15, 0.2) is 47.5 Å². The Morgan fingerprint density at radius 3 is 2.56 bits per heavy atom. The molecule has 0 saturated carbocycles. The summed E-state index contributed by atoms with van der Waals surface area (Å²) >= 11 is 0. The quantitative estimate of drug-likeness (QED) is 0.254. The van der Waals surface area contributed by atoms with Gasteiger partial charge in [-0.25, -0.2) is 0 Å². The maximum absolute atomic E-state index is 11.9. The smallest absolute Gasteiger partial charge is 0.234 e. The van der Waals surface area contributed by atoms with Crippen LogP contribution < -0.4 is 16.0 Å². The molecule has 0 unspecified atom stereocenters. The molecule has 0 spiro atoms. The number of nitrogens with zero attached hydrogens (tertiary/aromatic N) is 2. The van der Waals surface area contributed by atoms with E-state index in [9.17, 15) is 4.79 Å². The van der Waals surface area contributed by atoms with Gasteiger partial charge in [-0.2, -0.15) is 0 Å². The van der Waals surface area contributed by atoms with Gasteiger partial charge in [0.2, 0.25) is 5.91 Å². The average molecular weight is 552 g/mol. The van der Waals surface area contributed by atoms with Gasteiger partial charge in [-0.15, -0.1) is 24.0 Å². The molecule has 1 fully saturated rings. The first-order valence-corrected chi connectivity index (χ1v) is 11.7. The Labute approximate surface area is 209 Å². The van der Waals surface area contributed by atoms with Crippen molar-refractivity contribution in [3.63, 3.8) is 0 Å². The van der Waals surface area contributed by atoms with Gasteiger partial charge in [0.1, 0.15) is 0 Å². The zero-order valence-corrected chi connectivity index (χ0v) is 21.7. The lowest BCUT2D eigenvalue weighted by molar-refractivity contribution is -0.122. The summed E-state index contributed by atoms with van der Waals surface area (Å²) < 4.78 is 0. The average Bonchev–Trinajstić information content (AvgIpc) is 2.79. The molecule has 6 nitrogen and oxygen atoms in total. The monoisotopic (exact) mass is 551 g/mol. The molecule has 32 heavy (non-hydrogen) atoms. The van der Waals surface area contributed by atoms with Gasteiger partial charge in [-0.1, -0.05) is 49.4 Å². The van der Waals surface area contributed by atoms with Crippen LogP contribution in [-0.4, -0.2) is 62.1 Å². The van der Waals surface area contributed by atoms with E-state index >= 15 is 0 Å². The van der Waals surface area contributed by atoms with Crippen molar-refractivity contribution in [2.75, 3.05) is 39.3 Å². The summed E-state index contributed by atoms with van der Waals surface area (Å²) in [5.41, 5.74) is 1.34. The van der Waals surface area contributed by atoms with Crippen molar-refractivity contribution in [2.45, 2.75) is 45.6 Å². The van der Waals surface area contributed by atoms with Gasteiger partial charge in [-0.3, -0.25) is 14.7 Å². The van der Waals surface area contributed by atoms with Crippen molar-refractivity contribution in [1.29, 1.82) is 0 Å². The van der Waals surface area contributed by atoms with Gasteiger partial charge in [0.25, 0.3) is 0 Å². The van der Waals surface area contributed by atoms with Gasteiger partial charge in [0.05, 0.1) is 6.54 Å². The summed E-state index contributed by atoms with van der Waals surface area (Å²) in [5.74, 6) is 1.03. The van der Waals surface area contributed by atoms with Crippen LogP contribution in [-0.2, 0) is 11.2 Å². The molecule has 0 aliphatic carbocycles. The molecule has 0 bridgehead atoms. The minimum atomic E-state index is 0. The molecule has 0 aromatic heterocycles. The minimum Gasteiger partial charge on any atom is -0.357 e. The van der Waals surface area contributed by atoms with Crippen molar-refractivity contribution >= 4 is 46.6 Å². The number of piperidine rings is 1. The Kier molecular flexibility index (Phi) is 11.8. The van der Waals surface area contributed by atoms with E-state index in [1.165, 1.54) is 16.3 Å². The van der Waals surface area contributed by atoms with Crippen LogP contribution in [0.2, 0.25) is 0 Å². The Morgan fingerprint density at radius 2 is 1.81 bits per heavy atom. The van der Waals surface area contributed by atoms with Crippen molar-refractivity contribution in [2.24, 2.45) is 4.99 Å². The van der Waals surface area contributed by atoms with Crippen LogP contribution in [0.25, 0.3) is 10.8 Å². The van der Waals surface area contributed by atoms with Crippen LogP contribution in [0.3, 0.4) is 0 Å². The Hall–Kier alpha value is -1.87. The van der Waals surface area contributed by atoms with Crippen LogP contribution in [0.5, 0.6) is 0 Å². The first kappa shape index (κ1) is 26.4. The van der Waals surface area contributed by atoms with E-state index in [0.29, 0.717) is 12.6 Å². The number of carbonyl (C=O) groups is 1. The van der Waals surface area contributed by atoms with Gasteiger partial charge in [0, 0.05) is 38.8 Å². The predicted octanol–water partition coefficient (Wildman–Crippen LogP) is 3.55. The molecule has 1 saturated heterocycles. The molecule has 2 aromatic carbocycles. The Morgan fingerprint density at radius 1 is 1.06 bits per heavy atom. The third-order valence-corrected chi connectivity index (χ3v) is 5.74. The highest BCUT2D eigenvalue weighted by Gasteiger charge is 2.21. The molecule has 7 heteroatoms. The van der Waals surface area contributed by atoms with Gasteiger partial charge in [-0.05, 0) is 48.9 Å². The normalized spacial score (nSPS) is 15.2. The topological polar surface area (TPSA) is 68.8 Å². The molecule has 0 radical (unpaired) electrons. The lowest BCUT2D eigenvalue weighted by Gasteiger charge is -2.32. The fourth-order valence-electron chi connectivity index (χ4n) is 4.07.